The van der Waals surface area contributed by atoms with Crippen molar-refractivity contribution in [3.05, 3.63) is 46.5 Å². The highest BCUT2D eigenvalue weighted by molar-refractivity contribution is 5.57. The number of halogens is 2. The van der Waals surface area contributed by atoms with Crippen molar-refractivity contribution in [2.24, 2.45) is 0 Å². The number of H-pyrrole nitrogens is 1. The van der Waals surface area contributed by atoms with Gasteiger partial charge >= 0.3 is 0 Å². The maximum Gasteiger partial charge on any atom is 0.283 e. The molecule has 2 aliphatic rings. The second-order valence-corrected chi connectivity index (χ2v) is 6.38. The number of hydrogen-bond acceptors (Lipinski definition) is 2. The molecule has 0 saturated heterocycles. The summed E-state index contributed by atoms with van der Waals surface area (Å²) in [6.07, 6.45) is 10.3. The molecule has 1 aliphatic carbocycles. The van der Waals surface area contributed by atoms with Crippen molar-refractivity contribution in [1.82, 2.24) is 9.88 Å². The van der Waals surface area contributed by atoms with Crippen molar-refractivity contribution < 1.29 is 13.9 Å². The van der Waals surface area contributed by atoms with E-state index in [1.165, 1.54) is 11.1 Å². The highest BCUT2D eigenvalue weighted by atomic mass is 19.3. The van der Waals surface area contributed by atoms with Crippen molar-refractivity contribution >= 4 is 6.08 Å². The van der Waals surface area contributed by atoms with E-state index >= 15 is 0 Å². The number of hydrogen-bond donors (Lipinski definition) is 2. The second kappa shape index (κ2) is 6.44. The highest BCUT2D eigenvalue weighted by Gasteiger charge is 2.34. The Labute approximate surface area is 135 Å². The van der Waals surface area contributed by atoms with Gasteiger partial charge in [-0.1, -0.05) is 6.08 Å². The molecule has 3 nitrogen and oxygen atoms in total. The van der Waals surface area contributed by atoms with Crippen molar-refractivity contribution in [1.29, 1.82) is 0 Å². The van der Waals surface area contributed by atoms with Gasteiger partial charge in [-0.25, -0.2) is 8.78 Å². The summed E-state index contributed by atoms with van der Waals surface area (Å²) in [4.78, 5) is 5.18. The van der Waals surface area contributed by atoms with Crippen LogP contribution in [0, 0.1) is 0 Å². The van der Waals surface area contributed by atoms with Crippen molar-refractivity contribution in [2.75, 3.05) is 13.2 Å². The van der Waals surface area contributed by atoms with E-state index in [9.17, 15) is 8.78 Å². The summed E-state index contributed by atoms with van der Waals surface area (Å²) in [6, 6.07) is 0.0587. The van der Waals surface area contributed by atoms with Gasteiger partial charge in [-0.15, -0.1) is 5.73 Å². The van der Waals surface area contributed by atoms with E-state index in [4.69, 9.17) is 5.11 Å². The van der Waals surface area contributed by atoms with Gasteiger partial charge in [0.15, 0.2) is 0 Å². The SMILES string of the molecule is CC1CCc2c([nH]c3c2CC=C=CC=C3)CN1CC(F)(F)CO. The molecule has 1 unspecified atom stereocenters. The summed E-state index contributed by atoms with van der Waals surface area (Å²) < 4.78 is 27.2. The number of nitrogens with zero attached hydrogens (tertiary/aromatic N) is 1. The van der Waals surface area contributed by atoms with Gasteiger partial charge < -0.3 is 10.1 Å². The Hall–Kier alpha value is -1.68. The number of aliphatic hydroxyl groups is 1. The summed E-state index contributed by atoms with van der Waals surface area (Å²) in [5, 5.41) is 8.86. The number of nitrogens with one attached hydrogen (secondary N) is 1. The zero-order valence-corrected chi connectivity index (χ0v) is 13.3. The minimum atomic E-state index is -3.06. The van der Waals surface area contributed by atoms with E-state index in [1.807, 2.05) is 31.2 Å². The molecule has 2 N–H and O–H groups in total. The van der Waals surface area contributed by atoms with Crippen LogP contribution in [-0.2, 0) is 19.4 Å². The lowest BCUT2D eigenvalue weighted by molar-refractivity contribution is -0.0806. The van der Waals surface area contributed by atoms with Gasteiger partial charge in [0.25, 0.3) is 5.92 Å². The lowest BCUT2D eigenvalue weighted by Gasteiger charge is -2.30. The fourth-order valence-electron chi connectivity index (χ4n) is 3.35. The first-order chi connectivity index (χ1) is 11.0. The van der Waals surface area contributed by atoms with E-state index in [0.29, 0.717) is 6.54 Å². The topological polar surface area (TPSA) is 39.3 Å². The lowest BCUT2D eigenvalue weighted by Crippen LogP contribution is -2.43. The summed E-state index contributed by atoms with van der Waals surface area (Å²) in [7, 11) is 0. The van der Waals surface area contributed by atoms with Crippen LogP contribution in [0.15, 0.2) is 24.0 Å². The Morgan fingerprint density at radius 1 is 1.43 bits per heavy atom. The largest absolute Gasteiger partial charge is 0.390 e. The summed E-state index contributed by atoms with van der Waals surface area (Å²) in [5.74, 6) is -3.06. The van der Waals surface area contributed by atoms with Crippen LogP contribution in [0.5, 0.6) is 0 Å². The van der Waals surface area contributed by atoms with E-state index in [2.05, 4.69) is 10.7 Å². The number of fused-ring (bicyclic) bond motifs is 3. The zero-order valence-electron chi connectivity index (χ0n) is 13.3. The first kappa shape index (κ1) is 16.2. The predicted molar refractivity (Wildman–Crippen MR) is 86.4 cm³/mol. The molecule has 0 saturated carbocycles. The fraction of sp³-hybridized carbons (Fsp3) is 0.500. The van der Waals surface area contributed by atoms with Crippen LogP contribution in [0.1, 0.15) is 35.9 Å². The van der Waals surface area contributed by atoms with Crippen LogP contribution in [0.3, 0.4) is 0 Å². The van der Waals surface area contributed by atoms with E-state index in [0.717, 1.165) is 30.7 Å². The van der Waals surface area contributed by atoms with Crippen LogP contribution in [0.25, 0.3) is 6.08 Å². The first-order valence-electron chi connectivity index (χ1n) is 8.03. The zero-order chi connectivity index (χ0) is 16.4. The molecule has 0 fully saturated rings. The molecule has 0 amide bonds. The Bertz CT molecular complexity index is 669. The predicted octanol–water partition coefficient (Wildman–Crippen LogP) is 3.06. The summed E-state index contributed by atoms with van der Waals surface area (Å²) >= 11 is 0. The molecule has 0 aromatic carbocycles. The molecule has 3 rings (SSSR count). The second-order valence-electron chi connectivity index (χ2n) is 6.38. The molecule has 124 valence electrons. The van der Waals surface area contributed by atoms with Gasteiger partial charge in [-0.2, -0.15) is 0 Å². The molecule has 1 aromatic rings. The molecular weight excluding hydrogens is 298 g/mol. The molecule has 0 bridgehead atoms. The first-order valence-corrected chi connectivity index (χ1v) is 8.03. The summed E-state index contributed by atoms with van der Waals surface area (Å²) in [5.41, 5.74) is 7.70. The molecule has 23 heavy (non-hydrogen) atoms. The average molecular weight is 320 g/mol. The minimum absolute atomic E-state index is 0.0587. The molecule has 2 heterocycles. The van der Waals surface area contributed by atoms with Gasteiger partial charge in [0.1, 0.15) is 6.61 Å². The number of rotatable bonds is 3. The highest BCUT2D eigenvalue weighted by Crippen LogP contribution is 2.30. The number of alkyl halides is 2. The van der Waals surface area contributed by atoms with Crippen LogP contribution in [-0.4, -0.2) is 40.1 Å². The third kappa shape index (κ3) is 3.47. The lowest BCUT2D eigenvalue weighted by atomic mass is 9.99. The van der Waals surface area contributed by atoms with Crippen LogP contribution < -0.4 is 0 Å². The van der Waals surface area contributed by atoms with Crippen molar-refractivity contribution in [3.63, 3.8) is 0 Å². The van der Waals surface area contributed by atoms with Gasteiger partial charge in [0.2, 0.25) is 0 Å². The average Bonchev–Trinajstić information content (AvgIpc) is 2.71. The maximum atomic E-state index is 13.6. The molecule has 5 heteroatoms. The van der Waals surface area contributed by atoms with E-state index in [-0.39, 0.29) is 6.04 Å². The van der Waals surface area contributed by atoms with Gasteiger partial charge in [-0.3, -0.25) is 4.90 Å². The Morgan fingerprint density at radius 2 is 2.26 bits per heavy atom. The molecule has 0 spiro atoms. The number of aliphatic hydroxyl groups excluding tert-OH is 1. The Kier molecular flexibility index (Phi) is 4.53. The monoisotopic (exact) mass is 320 g/mol. The van der Waals surface area contributed by atoms with Crippen LogP contribution >= 0.6 is 0 Å². The van der Waals surface area contributed by atoms with Gasteiger partial charge in [0, 0.05) is 30.4 Å². The quantitative estimate of drug-likeness (QED) is 0.840. The smallest absolute Gasteiger partial charge is 0.283 e. The molecule has 1 aromatic heterocycles. The number of aromatic amines is 1. The number of allylic oxidation sites excluding steroid dienone is 2. The number of aromatic nitrogens is 1. The molecular formula is C18H22F2N2O. The molecule has 1 atom stereocenters. The Balaban J connectivity index is 1.90. The molecule has 0 radical (unpaired) electrons. The third-order valence-electron chi connectivity index (χ3n) is 4.68. The van der Waals surface area contributed by atoms with Crippen LogP contribution in [0.2, 0.25) is 0 Å². The fourth-order valence-corrected chi connectivity index (χ4v) is 3.35. The van der Waals surface area contributed by atoms with E-state index < -0.39 is 19.1 Å². The minimum Gasteiger partial charge on any atom is -0.390 e. The normalized spacial score (nSPS) is 21.5. The van der Waals surface area contributed by atoms with Gasteiger partial charge in [0.05, 0.1) is 6.54 Å². The van der Waals surface area contributed by atoms with Crippen molar-refractivity contribution in [3.8, 4) is 0 Å². The third-order valence-corrected chi connectivity index (χ3v) is 4.68. The Morgan fingerprint density at radius 3 is 3.04 bits per heavy atom. The summed E-state index contributed by atoms with van der Waals surface area (Å²) in [6.45, 7) is 0.921. The van der Waals surface area contributed by atoms with E-state index in [1.54, 1.807) is 4.90 Å². The molecule has 1 aliphatic heterocycles. The van der Waals surface area contributed by atoms with Crippen LogP contribution in [0.4, 0.5) is 8.78 Å². The van der Waals surface area contributed by atoms with Gasteiger partial charge in [-0.05, 0) is 49.1 Å². The van der Waals surface area contributed by atoms with Crippen molar-refractivity contribution in [2.45, 2.75) is 44.7 Å². The standard InChI is InChI=1S/C18H22F2N2O/c1-13-8-9-15-14-6-4-2-3-5-7-16(14)21-17(15)10-22(13)11-18(19,20)12-23/h3-5,7,13,21,23H,6,8-12H2,1H3. The maximum absolute atomic E-state index is 13.6.